The second-order valence-electron chi connectivity index (χ2n) is 20.6. The van der Waals surface area contributed by atoms with Crippen molar-refractivity contribution in [3.05, 3.63) is 72.5 Å². The van der Waals surface area contributed by atoms with Crippen molar-refractivity contribution in [2.75, 3.05) is 47.6 Å². The van der Waals surface area contributed by atoms with Gasteiger partial charge in [-0.3, -0.25) is 19.3 Å². The molecule has 0 unspecified atom stereocenters. The van der Waals surface area contributed by atoms with Crippen LogP contribution >= 0.6 is 0 Å². The maximum absolute atomic E-state index is 14.6. The number of allylic oxidation sites excluding steroid dienone is 1. The Kier molecular flexibility index (Phi) is 23.8. The van der Waals surface area contributed by atoms with E-state index in [9.17, 15) is 38.7 Å². The molecule has 1 aliphatic rings. The van der Waals surface area contributed by atoms with Crippen LogP contribution in [0.25, 0.3) is 0 Å². The van der Waals surface area contributed by atoms with Gasteiger partial charge < -0.3 is 59.2 Å². The average Bonchev–Trinajstić information content (AvgIpc) is 3.84. The van der Waals surface area contributed by atoms with Gasteiger partial charge in [0.2, 0.25) is 5.91 Å². The van der Waals surface area contributed by atoms with E-state index in [0.717, 1.165) is 14.2 Å². The molecule has 5 N–H and O–H groups in total. The topological polar surface area (TPSA) is 261 Å². The molecule has 0 saturated carbocycles. The van der Waals surface area contributed by atoms with Crippen LogP contribution < -0.4 is 25.8 Å². The number of likely N-dealkylation sites (N-methyl/N-ethyl adjacent to an activating group) is 1. The minimum atomic E-state index is -2.81. The molecule has 0 aromatic heterocycles. The van der Waals surface area contributed by atoms with Crippen LogP contribution in [0.3, 0.4) is 0 Å². The Labute approximate surface area is 433 Å². The minimum absolute atomic E-state index is 0.0489. The molecular formula is C51H81N5O15Si2. The lowest BCUT2D eigenvalue weighted by atomic mass is 9.92. The van der Waals surface area contributed by atoms with Gasteiger partial charge in [-0.05, 0) is 74.1 Å². The highest BCUT2D eigenvalue weighted by Crippen LogP contribution is 2.44. The van der Waals surface area contributed by atoms with Gasteiger partial charge in [-0.25, -0.2) is 19.2 Å². The van der Waals surface area contributed by atoms with Crippen LogP contribution in [-0.4, -0.2) is 157 Å². The van der Waals surface area contributed by atoms with E-state index in [1.54, 1.807) is 52.0 Å². The predicted molar refractivity (Wildman–Crippen MR) is 280 cm³/mol. The number of benzene rings is 1. The van der Waals surface area contributed by atoms with E-state index >= 15 is 0 Å². The summed E-state index contributed by atoms with van der Waals surface area (Å²) in [6.07, 6.45) is 2.31. The molecule has 4 amide bonds. The minimum Gasteiger partial charge on any atom is -0.486 e. The summed E-state index contributed by atoms with van der Waals surface area (Å²) in [6, 6.07) is -0.401. The van der Waals surface area contributed by atoms with Crippen molar-refractivity contribution in [3.63, 3.8) is 0 Å². The molecule has 22 heteroatoms. The first-order valence-electron chi connectivity index (χ1n) is 24.2. The normalized spacial score (nSPS) is 16.9. The van der Waals surface area contributed by atoms with Crippen molar-refractivity contribution in [1.82, 2.24) is 20.4 Å². The van der Waals surface area contributed by atoms with Gasteiger partial charge in [0.1, 0.15) is 42.7 Å². The third kappa shape index (κ3) is 17.1. The van der Waals surface area contributed by atoms with E-state index in [-0.39, 0.29) is 61.4 Å². The van der Waals surface area contributed by atoms with E-state index in [1.807, 2.05) is 33.9 Å². The molecule has 73 heavy (non-hydrogen) atoms. The van der Waals surface area contributed by atoms with Crippen LogP contribution in [0.5, 0.6) is 11.5 Å². The summed E-state index contributed by atoms with van der Waals surface area (Å²) in [5.74, 6) is -5.39. The number of hydrogen-bond donors (Lipinski definition) is 4. The van der Waals surface area contributed by atoms with Gasteiger partial charge in [-0.15, -0.1) is 0 Å². The second kappa shape index (κ2) is 27.5. The molecule has 0 saturated heterocycles. The molecule has 1 aromatic rings. The molecule has 1 aliphatic heterocycles. The zero-order chi connectivity index (χ0) is 55.8. The molecule has 20 nitrogen and oxygen atoms in total. The van der Waals surface area contributed by atoms with Gasteiger partial charge >= 0.3 is 24.0 Å². The van der Waals surface area contributed by atoms with Crippen LogP contribution in [0, 0.1) is 0 Å². The smallest absolute Gasteiger partial charge is 0.410 e. The Morgan fingerprint density at radius 2 is 1.55 bits per heavy atom. The molecule has 2 rings (SSSR count). The molecule has 0 radical (unpaired) electrons. The molecular weight excluding hydrogens is 979 g/mol. The Morgan fingerprint density at radius 3 is 2.08 bits per heavy atom. The second-order valence-corrected chi connectivity index (χ2v) is 30.9. The summed E-state index contributed by atoms with van der Waals surface area (Å²) >= 11 is 0. The van der Waals surface area contributed by atoms with E-state index in [2.05, 4.69) is 52.9 Å². The highest BCUT2D eigenvalue weighted by molar-refractivity contribution is 6.76. The standard InChI is InChI=1S/C51H81N5O15Si2/c1-18-27-67-35-25-24-33(41(71-73(16,17)50(6,7)8)39(47(62)68-28-19-2)55(10)49(64)69-29-30-72(13,14)15)31-36(35)70-51(9,21-4)42(52)45(60)56-26-22-23-34(56)43(58)53-37(32(5)20-3)44(59)54-38(46(61)65-11)40(57)48(63)66-12/h18-19,22-25,31,34,38-42,57H,1-2,20-21,26-30,52H2,3-17H3,(H,53,58)(H,54,59)/b37-32+/t34-,38+,39-,40-,41-,42+,51+/m0/s1. The fourth-order valence-electron chi connectivity index (χ4n) is 6.85. The van der Waals surface area contributed by atoms with Gasteiger partial charge in [0, 0.05) is 21.7 Å². The third-order valence-corrected chi connectivity index (χ3v) is 19.1. The summed E-state index contributed by atoms with van der Waals surface area (Å²) in [6.45, 7) is 30.7. The number of aliphatic hydroxyl groups is 1. The lowest BCUT2D eigenvalue weighted by Gasteiger charge is -2.42. The molecule has 1 aromatic carbocycles. The first-order valence-corrected chi connectivity index (χ1v) is 30.8. The van der Waals surface area contributed by atoms with Gasteiger partial charge in [0.05, 0.1) is 20.8 Å². The van der Waals surface area contributed by atoms with Crippen molar-refractivity contribution < 1.29 is 71.5 Å². The van der Waals surface area contributed by atoms with E-state index in [4.69, 9.17) is 29.1 Å². The fourth-order valence-corrected chi connectivity index (χ4v) is 8.82. The molecule has 0 aliphatic carbocycles. The Morgan fingerprint density at radius 1 is 0.932 bits per heavy atom. The molecule has 408 valence electrons. The number of hydrogen-bond acceptors (Lipinski definition) is 16. The quantitative estimate of drug-likeness (QED) is 0.0281. The van der Waals surface area contributed by atoms with Gasteiger partial charge in [-0.2, -0.15) is 0 Å². The number of carbonyl (C=O) groups excluding carboxylic acids is 7. The SMILES string of the molecule is C=CCOC(=O)[C@H]([C@@H](O[Si](C)(C)C(C)(C)C)c1ccc(OCC=C)c(O[C@](C)(CC)[C@H](N)C(=O)N2CC=C[C@H]2C(=O)N/C(C(=O)N[C@@H](C(=O)OC)[C@H](O)C(=O)OC)=C(\C)CC)c1)N(C)C(=O)OCC[Si](C)(C)C. The van der Waals surface area contributed by atoms with Crippen molar-refractivity contribution >= 4 is 58.1 Å². The highest BCUT2D eigenvalue weighted by atomic mass is 28.4. The Balaban J connectivity index is 2.72. The number of rotatable bonds is 27. The van der Waals surface area contributed by atoms with Crippen molar-refractivity contribution in [3.8, 4) is 11.5 Å². The van der Waals surface area contributed by atoms with Gasteiger partial charge in [0.15, 0.2) is 38.0 Å². The zero-order valence-electron chi connectivity index (χ0n) is 45.5. The van der Waals surface area contributed by atoms with Crippen LogP contribution in [0.15, 0.2) is 66.9 Å². The average molecular weight is 1060 g/mol. The van der Waals surface area contributed by atoms with Crippen LogP contribution in [-0.2, 0) is 52.1 Å². The van der Waals surface area contributed by atoms with Crippen LogP contribution in [0.1, 0.15) is 73.0 Å². The summed E-state index contributed by atoms with van der Waals surface area (Å²) in [5, 5.41) is 14.9. The number of methoxy groups -OCH3 is 2. The number of aliphatic hydroxyl groups excluding tert-OH is 1. The molecule has 1 heterocycles. The lowest BCUT2D eigenvalue weighted by Crippen LogP contribution is -2.61. The number of carbonyl (C=O) groups is 7. The summed E-state index contributed by atoms with van der Waals surface area (Å²) < 4.78 is 40.5. The van der Waals surface area contributed by atoms with Gasteiger partial charge in [-0.1, -0.05) is 97.8 Å². The largest absolute Gasteiger partial charge is 0.486 e. The summed E-state index contributed by atoms with van der Waals surface area (Å²) in [7, 11) is -0.989. The summed E-state index contributed by atoms with van der Waals surface area (Å²) in [5.41, 5.74) is 5.79. The number of nitrogens with zero attached hydrogens (tertiary/aromatic N) is 2. The predicted octanol–water partition coefficient (Wildman–Crippen LogP) is 5.45. The summed E-state index contributed by atoms with van der Waals surface area (Å²) in [4.78, 5) is 97.5. The highest BCUT2D eigenvalue weighted by Gasteiger charge is 2.48. The first-order chi connectivity index (χ1) is 33.9. The lowest BCUT2D eigenvalue weighted by molar-refractivity contribution is -0.160. The maximum Gasteiger partial charge on any atom is 0.410 e. The van der Waals surface area contributed by atoms with E-state index in [1.165, 1.54) is 35.1 Å². The molecule has 7 atom stereocenters. The number of nitrogens with one attached hydrogen (secondary N) is 2. The first kappa shape index (κ1) is 63.3. The Bertz CT molecular complexity index is 2220. The van der Waals surface area contributed by atoms with Crippen molar-refractivity contribution in [2.24, 2.45) is 5.73 Å². The monoisotopic (exact) mass is 1060 g/mol. The molecule has 0 bridgehead atoms. The molecule has 0 fully saturated rings. The zero-order valence-corrected chi connectivity index (χ0v) is 47.5. The number of amides is 4. The van der Waals surface area contributed by atoms with E-state index in [0.29, 0.717) is 17.2 Å². The fraction of sp³-hybridized carbons (Fsp3) is 0.588. The van der Waals surface area contributed by atoms with Gasteiger partial charge in [0.25, 0.3) is 11.8 Å². The van der Waals surface area contributed by atoms with Crippen LogP contribution in [0.2, 0.25) is 43.8 Å². The maximum atomic E-state index is 14.6. The van der Waals surface area contributed by atoms with E-state index < -0.39 is 100 Å². The Hall–Kier alpha value is -5.82. The number of ether oxygens (including phenoxy) is 6. The number of nitrogens with two attached hydrogens (primary N) is 1. The molecule has 0 spiro atoms. The van der Waals surface area contributed by atoms with Crippen LogP contribution in [0.4, 0.5) is 4.79 Å². The van der Waals surface area contributed by atoms with Crippen molar-refractivity contribution in [2.45, 2.75) is 147 Å². The van der Waals surface area contributed by atoms with Crippen molar-refractivity contribution in [1.29, 1.82) is 0 Å². The third-order valence-electron chi connectivity index (χ3n) is 12.9. The number of esters is 3.